The predicted octanol–water partition coefficient (Wildman–Crippen LogP) is 5.75. The number of fused-ring (bicyclic) bond motifs is 1. The van der Waals surface area contributed by atoms with E-state index in [0.29, 0.717) is 0 Å². The number of carbonyl (C=O) groups is 2. The molecule has 0 bridgehead atoms. The van der Waals surface area contributed by atoms with E-state index in [9.17, 15) is 18.4 Å². The molecule has 0 spiro atoms. The van der Waals surface area contributed by atoms with E-state index >= 15 is 0 Å². The van der Waals surface area contributed by atoms with E-state index < -0.39 is 29.0 Å². The number of carbonyl (C=O) groups excluding carboxylic acids is 1. The molecule has 0 heterocycles. The van der Waals surface area contributed by atoms with Crippen molar-refractivity contribution in [1.29, 1.82) is 0 Å². The average Bonchev–Trinajstić information content (AvgIpc) is 2.59. The van der Waals surface area contributed by atoms with Crippen LogP contribution in [0.25, 0.3) is 0 Å². The topological polar surface area (TPSA) is 54.4 Å². The van der Waals surface area contributed by atoms with E-state index in [0.717, 1.165) is 36.1 Å². The first-order chi connectivity index (χ1) is 13.3. The van der Waals surface area contributed by atoms with Gasteiger partial charge in [-0.1, -0.05) is 39.8 Å². The Bertz CT molecular complexity index is 996. The number of aryl methyl sites for hydroxylation is 1. The van der Waals surface area contributed by atoms with Crippen molar-refractivity contribution in [2.24, 2.45) is 0 Å². The van der Waals surface area contributed by atoms with Gasteiger partial charge >= 0.3 is 5.97 Å². The summed E-state index contributed by atoms with van der Waals surface area (Å²) in [6, 6.07) is 5.79. The van der Waals surface area contributed by atoms with Gasteiger partial charge in [-0.2, -0.15) is 0 Å². The molecule has 0 saturated carbocycles. The number of ketones is 1. The van der Waals surface area contributed by atoms with Crippen molar-refractivity contribution in [2.45, 2.75) is 64.7 Å². The molecule has 0 atom stereocenters. The fourth-order valence-electron chi connectivity index (χ4n) is 4.17. The molecule has 2 aromatic rings. The van der Waals surface area contributed by atoms with Crippen molar-refractivity contribution in [3.8, 4) is 0 Å². The number of aromatic carboxylic acids is 1. The van der Waals surface area contributed by atoms with Gasteiger partial charge in [0.15, 0.2) is 5.78 Å². The Morgan fingerprint density at radius 3 is 1.90 bits per heavy atom. The number of benzene rings is 2. The molecule has 1 N–H and O–H groups in total. The van der Waals surface area contributed by atoms with E-state index in [-0.39, 0.29) is 22.8 Å². The normalized spacial score (nSPS) is 16.9. The van der Waals surface area contributed by atoms with Crippen LogP contribution in [0.15, 0.2) is 24.3 Å². The highest BCUT2D eigenvalue weighted by atomic mass is 19.1. The van der Waals surface area contributed by atoms with Crippen LogP contribution >= 0.6 is 0 Å². The van der Waals surface area contributed by atoms with Crippen molar-refractivity contribution in [3.63, 3.8) is 0 Å². The van der Waals surface area contributed by atoms with Gasteiger partial charge in [-0.25, -0.2) is 13.6 Å². The summed E-state index contributed by atoms with van der Waals surface area (Å²) < 4.78 is 28.0. The highest BCUT2D eigenvalue weighted by Gasteiger charge is 2.37. The maximum Gasteiger partial charge on any atom is 0.341 e. The van der Waals surface area contributed by atoms with Crippen LogP contribution in [0.1, 0.15) is 83.5 Å². The number of carboxylic acids is 1. The van der Waals surface area contributed by atoms with Crippen LogP contribution in [0, 0.1) is 18.6 Å². The molecule has 0 radical (unpaired) electrons. The van der Waals surface area contributed by atoms with Gasteiger partial charge in [0.1, 0.15) is 17.2 Å². The fourth-order valence-corrected chi connectivity index (χ4v) is 4.17. The molecule has 0 aromatic heterocycles. The van der Waals surface area contributed by atoms with E-state index in [4.69, 9.17) is 5.11 Å². The Morgan fingerprint density at radius 1 is 0.931 bits per heavy atom. The zero-order valence-corrected chi connectivity index (χ0v) is 17.5. The van der Waals surface area contributed by atoms with Crippen molar-refractivity contribution < 1.29 is 23.5 Å². The van der Waals surface area contributed by atoms with Gasteiger partial charge in [0.05, 0.1) is 0 Å². The lowest BCUT2D eigenvalue weighted by Gasteiger charge is -2.42. The third-order valence-corrected chi connectivity index (χ3v) is 6.24. The maximum absolute atomic E-state index is 14.0. The van der Waals surface area contributed by atoms with Crippen molar-refractivity contribution in [3.05, 3.63) is 69.3 Å². The number of rotatable bonds is 4. The minimum absolute atomic E-state index is 0.000913. The Balaban J connectivity index is 1.99. The molecule has 0 unspecified atom stereocenters. The van der Waals surface area contributed by atoms with E-state index in [2.05, 4.69) is 39.8 Å². The van der Waals surface area contributed by atoms with Crippen LogP contribution in [0.4, 0.5) is 8.78 Å². The zero-order valence-electron chi connectivity index (χ0n) is 17.5. The first kappa shape index (κ1) is 21.2. The first-order valence-corrected chi connectivity index (χ1v) is 9.73. The van der Waals surface area contributed by atoms with Crippen LogP contribution < -0.4 is 0 Å². The van der Waals surface area contributed by atoms with E-state index in [1.807, 2.05) is 6.92 Å². The third kappa shape index (κ3) is 3.83. The van der Waals surface area contributed by atoms with Gasteiger partial charge < -0.3 is 5.11 Å². The Morgan fingerprint density at radius 2 is 1.41 bits per heavy atom. The second-order valence-corrected chi connectivity index (χ2v) is 9.31. The van der Waals surface area contributed by atoms with Crippen molar-refractivity contribution in [2.75, 3.05) is 0 Å². The SMILES string of the molecule is Cc1cc2c(cc1CC(=O)c1cc(F)c(C(=O)O)c(F)c1)C(C)(C)CCC2(C)C. The Kier molecular flexibility index (Phi) is 5.14. The summed E-state index contributed by atoms with van der Waals surface area (Å²) in [5, 5.41) is 8.89. The molecule has 0 fully saturated rings. The molecule has 1 aliphatic rings. The summed E-state index contributed by atoms with van der Waals surface area (Å²) in [7, 11) is 0. The standard InChI is InChI=1S/C24H26F2O3/c1-13-8-16-17(24(4,5)7-6-23(16,2)3)9-14(13)12-20(27)15-10-18(25)21(22(28)29)19(26)11-15/h8-11H,6-7,12H2,1-5H3,(H,28,29). The number of Topliss-reactive ketones (excluding diaryl/α,β-unsaturated/α-hetero) is 1. The van der Waals surface area contributed by atoms with Gasteiger partial charge in [0, 0.05) is 12.0 Å². The smallest absolute Gasteiger partial charge is 0.341 e. The summed E-state index contributed by atoms with van der Waals surface area (Å²) in [6.07, 6.45) is 2.12. The molecule has 29 heavy (non-hydrogen) atoms. The molecule has 1 aliphatic carbocycles. The van der Waals surface area contributed by atoms with Crippen LogP contribution in [0.3, 0.4) is 0 Å². The minimum Gasteiger partial charge on any atom is -0.477 e. The lowest BCUT2D eigenvalue weighted by atomic mass is 9.62. The summed E-state index contributed by atoms with van der Waals surface area (Å²) in [5.41, 5.74) is 3.10. The predicted molar refractivity (Wildman–Crippen MR) is 108 cm³/mol. The Hall–Kier alpha value is -2.56. The fraction of sp³-hybridized carbons (Fsp3) is 0.417. The third-order valence-electron chi connectivity index (χ3n) is 6.24. The van der Waals surface area contributed by atoms with Gasteiger partial charge in [0.2, 0.25) is 0 Å². The average molecular weight is 400 g/mol. The van der Waals surface area contributed by atoms with Gasteiger partial charge in [-0.15, -0.1) is 0 Å². The quantitative estimate of drug-likeness (QED) is 0.665. The van der Waals surface area contributed by atoms with Gasteiger partial charge in [-0.3, -0.25) is 4.79 Å². The number of hydrogen-bond donors (Lipinski definition) is 1. The molecule has 0 aliphatic heterocycles. The second-order valence-electron chi connectivity index (χ2n) is 9.31. The largest absolute Gasteiger partial charge is 0.477 e. The Labute approximate surface area is 169 Å². The molecule has 5 heteroatoms. The summed E-state index contributed by atoms with van der Waals surface area (Å²) in [4.78, 5) is 23.7. The summed E-state index contributed by atoms with van der Waals surface area (Å²) in [5.74, 6) is -4.64. The van der Waals surface area contributed by atoms with Crippen LogP contribution in [-0.4, -0.2) is 16.9 Å². The lowest BCUT2D eigenvalue weighted by Crippen LogP contribution is -2.34. The first-order valence-electron chi connectivity index (χ1n) is 9.73. The molecule has 3 nitrogen and oxygen atoms in total. The number of halogens is 2. The molecular weight excluding hydrogens is 374 g/mol. The summed E-state index contributed by atoms with van der Waals surface area (Å²) in [6.45, 7) is 10.8. The van der Waals surface area contributed by atoms with Gasteiger partial charge in [-0.05, 0) is 65.0 Å². The molecule has 2 aromatic carbocycles. The number of hydrogen-bond acceptors (Lipinski definition) is 2. The van der Waals surface area contributed by atoms with Gasteiger partial charge in [0.25, 0.3) is 0 Å². The molecule has 0 amide bonds. The lowest BCUT2D eigenvalue weighted by molar-refractivity contribution is 0.0685. The highest BCUT2D eigenvalue weighted by Crippen LogP contribution is 2.46. The second kappa shape index (κ2) is 7.05. The van der Waals surface area contributed by atoms with Crippen molar-refractivity contribution >= 4 is 11.8 Å². The van der Waals surface area contributed by atoms with E-state index in [1.165, 1.54) is 11.1 Å². The minimum atomic E-state index is -1.70. The molecule has 3 rings (SSSR count). The maximum atomic E-state index is 14.0. The molecule has 154 valence electrons. The highest BCUT2D eigenvalue weighted by molar-refractivity contribution is 5.99. The van der Waals surface area contributed by atoms with Crippen LogP contribution in [0.5, 0.6) is 0 Å². The summed E-state index contributed by atoms with van der Waals surface area (Å²) >= 11 is 0. The molecule has 0 saturated heterocycles. The van der Waals surface area contributed by atoms with Crippen LogP contribution in [0.2, 0.25) is 0 Å². The van der Waals surface area contributed by atoms with E-state index in [1.54, 1.807) is 0 Å². The monoisotopic (exact) mass is 400 g/mol. The number of carboxylic acid groups (broad SMARTS) is 1. The zero-order chi connectivity index (χ0) is 21.7. The molecular formula is C24H26F2O3. The van der Waals surface area contributed by atoms with Crippen LogP contribution in [-0.2, 0) is 17.3 Å². The van der Waals surface area contributed by atoms with Crippen molar-refractivity contribution in [1.82, 2.24) is 0 Å².